The Morgan fingerprint density at radius 3 is 2.50 bits per heavy atom. The maximum atomic E-state index is 11.6. The maximum absolute atomic E-state index is 11.6. The molecule has 1 amide bonds. The van der Waals surface area contributed by atoms with Crippen molar-refractivity contribution in [2.75, 3.05) is 13.2 Å². The number of para-hydroxylation sites is 1. The van der Waals surface area contributed by atoms with Crippen molar-refractivity contribution in [3.63, 3.8) is 0 Å². The van der Waals surface area contributed by atoms with E-state index in [1.54, 1.807) is 0 Å². The Bertz CT molecular complexity index is 380. The molecule has 0 bridgehead atoms. The van der Waals surface area contributed by atoms with Crippen LogP contribution in [-0.2, 0) is 4.79 Å². The van der Waals surface area contributed by atoms with Crippen LogP contribution >= 0.6 is 0 Å². The Hall–Kier alpha value is -1.55. The first-order valence-electron chi connectivity index (χ1n) is 6.17. The average molecular weight is 251 g/mol. The van der Waals surface area contributed by atoms with Gasteiger partial charge in [0.25, 0.3) is 5.91 Å². The molecule has 1 rings (SSSR count). The summed E-state index contributed by atoms with van der Waals surface area (Å²) in [6, 6.07) is 5.65. The number of hydrogen-bond donors (Lipinski definition) is 2. The number of aryl methyl sites for hydroxylation is 2. The lowest BCUT2D eigenvalue weighted by Crippen LogP contribution is -2.39. The Morgan fingerprint density at radius 2 is 2.00 bits per heavy atom. The highest BCUT2D eigenvalue weighted by molar-refractivity contribution is 5.77. The van der Waals surface area contributed by atoms with Gasteiger partial charge < -0.3 is 15.2 Å². The highest BCUT2D eigenvalue weighted by Gasteiger charge is 2.11. The van der Waals surface area contributed by atoms with E-state index in [0.29, 0.717) is 6.42 Å². The second kappa shape index (κ2) is 7.01. The first kappa shape index (κ1) is 14.5. The zero-order valence-electron chi connectivity index (χ0n) is 11.2. The average Bonchev–Trinajstić information content (AvgIpc) is 2.35. The molecule has 0 aromatic heterocycles. The van der Waals surface area contributed by atoms with E-state index in [-0.39, 0.29) is 25.2 Å². The number of nitrogens with one attached hydrogen (secondary N) is 1. The molecule has 0 aliphatic heterocycles. The lowest BCUT2D eigenvalue weighted by atomic mass is 10.1. The summed E-state index contributed by atoms with van der Waals surface area (Å²) in [6.45, 7) is 5.73. The van der Waals surface area contributed by atoms with Crippen LogP contribution in [0.4, 0.5) is 0 Å². The van der Waals surface area contributed by atoms with Gasteiger partial charge in [-0.25, -0.2) is 0 Å². The van der Waals surface area contributed by atoms with Crippen molar-refractivity contribution in [1.82, 2.24) is 5.32 Å². The monoisotopic (exact) mass is 251 g/mol. The second-order valence-electron chi connectivity index (χ2n) is 4.36. The predicted molar refractivity (Wildman–Crippen MR) is 70.7 cm³/mol. The van der Waals surface area contributed by atoms with Gasteiger partial charge in [0, 0.05) is 0 Å². The van der Waals surface area contributed by atoms with Crippen molar-refractivity contribution in [2.24, 2.45) is 0 Å². The lowest BCUT2D eigenvalue weighted by molar-refractivity contribution is -0.124. The number of hydrogen-bond acceptors (Lipinski definition) is 3. The Balaban J connectivity index is 2.52. The third kappa shape index (κ3) is 4.04. The molecule has 0 fully saturated rings. The minimum absolute atomic E-state index is 0.0256. The van der Waals surface area contributed by atoms with Crippen molar-refractivity contribution in [1.29, 1.82) is 0 Å². The number of aliphatic hydroxyl groups is 1. The second-order valence-corrected chi connectivity index (χ2v) is 4.36. The standard InChI is InChI=1S/C14H21NO3/c1-4-12(8-16)15-13(17)9-18-14-10(2)6-5-7-11(14)3/h5-7,12,16H,4,8-9H2,1-3H3,(H,15,17)/t12-/m0/s1. The summed E-state index contributed by atoms with van der Waals surface area (Å²) in [5, 5.41) is 11.7. The Kier molecular flexibility index (Phi) is 5.65. The molecule has 0 saturated carbocycles. The summed E-state index contributed by atoms with van der Waals surface area (Å²) in [6.07, 6.45) is 0.700. The summed E-state index contributed by atoms with van der Waals surface area (Å²) in [5.74, 6) is 0.545. The molecule has 4 heteroatoms. The van der Waals surface area contributed by atoms with Gasteiger partial charge in [-0.1, -0.05) is 25.1 Å². The van der Waals surface area contributed by atoms with E-state index >= 15 is 0 Å². The van der Waals surface area contributed by atoms with Crippen LogP contribution in [0, 0.1) is 13.8 Å². The number of ether oxygens (including phenoxy) is 1. The minimum Gasteiger partial charge on any atom is -0.483 e. The van der Waals surface area contributed by atoms with Crippen LogP contribution < -0.4 is 10.1 Å². The summed E-state index contributed by atoms with van der Waals surface area (Å²) in [4.78, 5) is 11.6. The van der Waals surface area contributed by atoms with Crippen LogP contribution in [-0.4, -0.2) is 30.3 Å². The van der Waals surface area contributed by atoms with Crippen molar-refractivity contribution in [2.45, 2.75) is 33.2 Å². The Labute approximate surface area is 108 Å². The summed E-state index contributed by atoms with van der Waals surface area (Å²) in [5.41, 5.74) is 2.02. The zero-order valence-corrected chi connectivity index (χ0v) is 11.2. The molecule has 0 aliphatic carbocycles. The van der Waals surface area contributed by atoms with Crippen LogP contribution in [0.15, 0.2) is 18.2 Å². The molecular weight excluding hydrogens is 230 g/mol. The third-order valence-electron chi connectivity index (χ3n) is 2.83. The molecule has 0 aliphatic rings. The minimum atomic E-state index is -0.210. The van der Waals surface area contributed by atoms with Gasteiger partial charge >= 0.3 is 0 Å². The van der Waals surface area contributed by atoms with E-state index in [1.807, 2.05) is 39.0 Å². The number of rotatable bonds is 6. The number of aliphatic hydroxyl groups excluding tert-OH is 1. The van der Waals surface area contributed by atoms with Crippen molar-refractivity contribution in [3.8, 4) is 5.75 Å². The maximum Gasteiger partial charge on any atom is 0.258 e. The molecule has 0 unspecified atom stereocenters. The number of benzene rings is 1. The van der Waals surface area contributed by atoms with Gasteiger partial charge in [-0.05, 0) is 31.4 Å². The van der Waals surface area contributed by atoms with Gasteiger partial charge in [0.15, 0.2) is 6.61 Å². The molecule has 0 spiro atoms. The van der Waals surface area contributed by atoms with E-state index < -0.39 is 0 Å². The molecule has 2 N–H and O–H groups in total. The van der Waals surface area contributed by atoms with Crippen LogP contribution in [0.25, 0.3) is 0 Å². The zero-order chi connectivity index (χ0) is 13.5. The Morgan fingerprint density at radius 1 is 1.39 bits per heavy atom. The number of carbonyl (C=O) groups excluding carboxylic acids is 1. The molecular formula is C14H21NO3. The van der Waals surface area contributed by atoms with Gasteiger partial charge in [0.05, 0.1) is 12.6 Å². The SMILES string of the molecule is CC[C@@H](CO)NC(=O)COc1c(C)cccc1C. The fourth-order valence-electron chi connectivity index (χ4n) is 1.71. The normalized spacial score (nSPS) is 12.0. The van der Waals surface area contributed by atoms with Gasteiger partial charge in [-0.15, -0.1) is 0 Å². The van der Waals surface area contributed by atoms with Crippen molar-refractivity contribution in [3.05, 3.63) is 29.3 Å². The molecule has 0 radical (unpaired) electrons. The quantitative estimate of drug-likeness (QED) is 0.807. The number of carbonyl (C=O) groups is 1. The van der Waals surface area contributed by atoms with E-state index in [9.17, 15) is 4.79 Å². The third-order valence-corrected chi connectivity index (χ3v) is 2.83. The molecule has 18 heavy (non-hydrogen) atoms. The van der Waals surface area contributed by atoms with Crippen LogP contribution in [0.5, 0.6) is 5.75 Å². The first-order chi connectivity index (χ1) is 8.58. The summed E-state index contributed by atoms with van der Waals surface area (Å²) >= 11 is 0. The predicted octanol–water partition coefficient (Wildman–Crippen LogP) is 1.57. The van der Waals surface area contributed by atoms with E-state index in [0.717, 1.165) is 16.9 Å². The molecule has 4 nitrogen and oxygen atoms in total. The first-order valence-corrected chi connectivity index (χ1v) is 6.17. The highest BCUT2D eigenvalue weighted by Crippen LogP contribution is 2.21. The van der Waals surface area contributed by atoms with E-state index in [2.05, 4.69) is 5.32 Å². The molecule has 1 atom stereocenters. The van der Waals surface area contributed by atoms with Crippen molar-refractivity contribution >= 4 is 5.91 Å². The summed E-state index contributed by atoms with van der Waals surface area (Å²) in [7, 11) is 0. The van der Waals surface area contributed by atoms with Crippen molar-refractivity contribution < 1.29 is 14.6 Å². The van der Waals surface area contributed by atoms with Gasteiger partial charge in [0.1, 0.15) is 5.75 Å². The van der Waals surface area contributed by atoms with Gasteiger partial charge in [0.2, 0.25) is 0 Å². The fourth-order valence-corrected chi connectivity index (χ4v) is 1.71. The summed E-state index contributed by atoms with van der Waals surface area (Å²) < 4.78 is 5.53. The lowest BCUT2D eigenvalue weighted by Gasteiger charge is -2.15. The van der Waals surface area contributed by atoms with Crippen LogP contribution in [0.1, 0.15) is 24.5 Å². The highest BCUT2D eigenvalue weighted by atomic mass is 16.5. The van der Waals surface area contributed by atoms with E-state index in [4.69, 9.17) is 9.84 Å². The molecule has 0 heterocycles. The number of amides is 1. The topological polar surface area (TPSA) is 58.6 Å². The fraction of sp³-hybridized carbons (Fsp3) is 0.500. The van der Waals surface area contributed by atoms with Crippen LogP contribution in [0.3, 0.4) is 0 Å². The molecule has 0 saturated heterocycles. The van der Waals surface area contributed by atoms with Gasteiger partial charge in [-0.2, -0.15) is 0 Å². The smallest absolute Gasteiger partial charge is 0.258 e. The van der Waals surface area contributed by atoms with E-state index in [1.165, 1.54) is 0 Å². The molecule has 1 aromatic carbocycles. The van der Waals surface area contributed by atoms with Gasteiger partial charge in [-0.3, -0.25) is 4.79 Å². The molecule has 100 valence electrons. The molecule has 1 aromatic rings. The largest absolute Gasteiger partial charge is 0.483 e. The van der Waals surface area contributed by atoms with Crippen LogP contribution in [0.2, 0.25) is 0 Å².